The molecule has 0 unspecified atom stereocenters. The predicted octanol–water partition coefficient (Wildman–Crippen LogP) is 5.12. The van der Waals surface area contributed by atoms with Crippen LogP contribution >= 0.6 is 0 Å². The Morgan fingerprint density at radius 3 is 2.69 bits per heavy atom. The fourth-order valence-electron chi connectivity index (χ4n) is 3.91. The van der Waals surface area contributed by atoms with Gasteiger partial charge in [0.05, 0.1) is 17.6 Å². The van der Waals surface area contributed by atoms with E-state index in [1.54, 1.807) is 23.3 Å². The monoisotopic (exact) mass is 482 g/mol. The Morgan fingerprint density at radius 2 is 1.92 bits per heavy atom. The zero-order valence-electron chi connectivity index (χ0n) is 19.7. The number of halogens is 1. The summed E-state index contributed by atoms with van der Waals surface area (Å²) in [6.45, 7) is 3.45. The summed E-state index contributed by atoms with van der Waals surface area (Å²) in [5, 5.41) is 14.0. The van der Waals surface area contributed by atoms with Crippen LogP contribution in [0.15, 0.2) is 79.9 Å². The van der Waals surface area contributed by atoms with Gasteiger partial charge in [-0.25, -0.2) is 9.37 Å². The Morgan fingerprint density at radius 1 is 1.06 bits per heavy atom. The van der Waals surface area contributed by atoms with Gasteiger partial charge in [-0.1, -0.05) is 18.7 Å². The van der Waals surface area contributed by atoms with Crippen LogP contribution in [0.2, 0.25) is 0 Å². The Bertz CT molecular complexity index is 1600. The third kappa shape index (κ3) is 4.51. The van der Waals surface area contributed by atoms with Gasteiger partial charge in [0.15, 0.2) is 0 Å². The second kappa shape index (κ2) is 9.34. The minimum Gasteiger partial charge on any atom is -0.351 e. The van der Waals surface area contributed by atoms with Crippen LogP contribution in [0.4, 0.5) is 33.2 Å². The van der Waals surface area contributed by atoms with Crippen LogP contribution < -0.4 is 16.0 Å². The van der Waals surface area contributed by atoms with Gasteiger partial charge in [0, 0.05) is 54.8 Å². The lowest BCUT2D eigenvalue weighted by Crippen LogP contribution is -2.08. The molecular formula is C26H23FN8O. The summed E-state index contributed by atoms with van der Waals surface area (Å²) in [5.74, 6) is -0.199. The molecule has 3 N–H and O–H groups in total. The topological polar surface area (TPSA) is 102 Å². The Kier molecular flexibility index (Phi) is 5.91. The zero-order valence-corrected chi connectivity index (χ0v) is 19.7. The average molecular weight is 483 g/mol. The second-order valence-electron chi connectivity index (χ2n) is 8.16. The number of aryl methyl sites for hydroxylation is 2. The quantitative estimate of drug-likeness (QED) is 0.278. The minimum atomic E-state index is -0.504. The van der Waals surface area contributed by atoms with E-state index < -0.39 is 11.7 Å². The Hall–Kier alpha value is -4.99. The lowest BCUT2D eigenvalue weighted by molar-refractivity contribution is -0.111. The van der Waals surface area contributed by atoms with Crippen molar-refractivity contribution >= 4 is 45.6 Å². The normalized spacial score (nSPS) is 10.9. The molecule has 0 radical (unpaired) electrons. The van der Waals surface area contributed by atoms with Crippen molar-refractivity contribution in [2.24, 2.45) is 14.1 Å². The molecule has 0 bridgehead atoms. The van der Waals surface area contributed by atoms with Crippen molar-refractivity contribution in [2.75, 3.05) is 16.0 Å². The van der Waals surface area contributed by atoms with Gasteiger partial charge in [-0.15, -0.1) is 0 Å². The summed E-state index contributed by atoms with van der Waals surface area (Å²) >= 11 is 0. The van der Waals surface area contributed by atoms with Crippen LogP contribution in [0.5, 0.6) is 0 Å². The Balaban J connectivity index is 1.60. The maximum atomic E-state index is 14.8. The Labute approximate surface area is 206 Å². The number of nitrogens with zero attached hydrogens (tertiary/aromatic N) is 5. The van der Waals surface area contributed by atoms with Gasteiger partial charge in [-0.3, -0.25) is 9.48 Å². The van der Waals surface area contributed by atoms with Gasteiger partial charge < -0.3 is 20.5 Å². The summed E-state index contributed by atoms with van der Waals surface area (Å²) in [6, 6.07) is 12.2. The lowest BCUT2D eigenvalue weighted by Gasteiger charge is -2.15. The van der Waals surface area contributed by atoms with Crippen LogP contribution in [0, 0.1) is 5.82 Å². The van der Waals surface area contributed by atoms with Gasteiger partial charge in [0.2, 0.25) is 11.9 Å². The van der Waals surface area contributed by atoms with Gasteiger partial charge in [-0.05, 0) is 42.0 Å². The van der Waals surface area contributed by atoms with Gasteiger partial charge in [0.25, 0.3) is 0 Å². The molecular weight excluding hydrogens is 459 g/mol. The molecule has 180 valence electrons. The lowest BCUT2D eigenvalue weighted by atomic mass is 10.0. The summed E-state index contributed by atoms with van der Waals surface area (Å²) in [5.41, 5.74) is 3.88. The number of benzene rings is 2. The maximum Gasteiger partial charge on any atom is 0.247 e. The number of carbonyl (C=O) groups excluding carboxylic acids is 1. The van der Waals surface area contributed by atoms with Crippen LogP contribution in [0.3, 0.4) is 0 Å². The van der Waals surface area contributed by atoms with Crippen molar-refractivity contribution in [3.63, 3.8) is 0 Å². The SMILES string of the molecule is C=CC(=O)Nc1ccc(F)c(Nc2nc(Nc3cnn(C)c3)ncc2-c2cccc3c2ccn3C)c1. The molecule has 0 saturated carbocycles. The summed E-state index contributed by atoms with van der Waals surface area (Å²) in [4.78, 5) is 20.9. The molecule has 5 aromatic rings. The number of amides is 1. The zero-order chi connectivity index (χ0) is 25.2. The van der Waals surface area contributed by atoms with Crippen molar-refractivity contribution in [1.29, 1.82) is 0 Å². The van der Waals surface area contributed by atoms with Gasteiger partial charge in [0.1, 0.15) is 11.6 Å². The highest BCUT2D eigenvalue weighted by Gasteiger charge is 2.16. The first kappa shape index (κ1) is 22.8. The number of anilines is 5. The summed E-state index contributed by atoms with van der Waals surface area (Å²) < 4.78 is 18.5. The molecule has 9 nitrogen and oxygen atoms in total. The fraction of sp³-hybridized carbons (Fsp3) is 0.0769. The number of hydrogen-bond acceptors (Lipinski definition) is 6. The molecule has 5 rings (SSSR count). The highest BCUT2D eigenvalue weighted by Crippen LogP contribution is 2.35. The van der Waals surface area contributed by atoms with E-state index in [1.165, 1.54) is 18.2 Å². The first-order valence-corrected chi connectivity index (χ1v) is 11.1. The van der Waals surface area contributed by atoms with E-state index in [-0.39, 0.29) is 5.69 Å². The third-order valence-electron chi connectivity index (χ3n) is 5.64. The largest absolute Gasteiger partial charge is 0.351 e. The van der Waals surface area contributed by atoms with Crippen molar-refractivity contribution in [3.05, 3.63) is 85.7 Å². The standard InChI is InChI=1S/C26H23FN8O/c1-4-24(36)30-16-8-9-21(27)22(12-16)32-25-20(18-6-5-7-23-19(18)10-11-34(23)2)14-28-26(33-25)31-17-13-29-35(3)15-17/h4-15H,1H2,2-3H3,(H,30,36)(H2,28,31,32,33). The molecule has 0 atom stereocenters. The molecule has 0 spiro atoms. The van der Waals surface area contributed by atoms with E-state index in [9.17, 15) is 9.18 Å². The summed E-state index contributed by atoms with van der Waals surface area (Å²) in [7, 11) is 3.78. The number of hydrogen-bond donors (Lipinski definition) is 3. The molecule has 0 aliphatic rings. The number of nitrogens with one attached hydrogen (secondary N) is 3. The fourth-order valence-corrected chi connectivity index (χ4v) is 3.91. The molecule has 3 aromatic heterocycles. The third-order valence-corrected chi connectivity index (χ3v) is 5.64. The highest BCUT2D eigenvalue weighted by atomic mass is 19.1. The van der Waals surface area contributed by atoms with Crippen LogP contribution in [0.25, 0.3) is 22.0 Å². The first-order valence-electron chi connectivity index (χ1n) is 11.1. The molecule has 2 aromatic carbocycles. The molecule has 0 fully saturated rings. The van der Waals surface area contributed by atoms with E-state index in [2.05, 4.69) is 37.6 Å². The number of rotatable bonds is 7. The van der Waals surface area contributed by atoms with Crippen molar-refractivity contribution in [1.82, 2.24) is 24.3 Å². The van der Waals surface area contributed by atoms with Crippen molar-refractivity contribution in [3.8, 4) is 11.1 Å². The maximum absolute atomic E-state index is 14.8. The van der Waals surface area contributed by atoms with Crippen LogP contribution in [-0.2, 0) is 18.9 Å². The average Bonchev–Trinajstić information content (AvgIpc) is 3.46. The predicted molar refractivity (Wildman–Crippen MR) is 139 cm³/mol. The van der Waals surface area contributed by atoms with Crippen LogP contribution in [0.1, 0.15) is 0 Å². The van der Waals surface area contributed by atoms with Crippen molar-refractivity contribution < 1.29 is 9.18 Å². The van der Waals surface area contributed by atoms with E-state index in [0.717, 1.165) is 22.5 Å². The van der Waals surface area contributed by atoms with Gasteiger partial charge in [-0.2, -0.15) is 10.1 Å². The van der Waals surface area contributed by atoms with E-state index in [0.29, 0.717) is 28.7 Å². The van der Waals surface area contributed by atoms with E-state index in [1.807, 2.05) is 49.1 Å². The minimum absolute atomic E-state index is 0.143. The second-order valence-corrected chi connectivity index (χ2v) is 8.16. The number of aromatic nitrogens is 5. The van der Waals surface area contributed by atoms with E-state index in [4.69, 9.17) is 0 Å². The van der Waals surface area contributed by atoms with E-state index >= 15 is 0 Å². The molecule has 10 heteroatoms. The molecule has 0 saturated heterocycles. The molecule has 36 heavy (non-hydrogen) atoms. The molecule has 0 aliphatic heterocycles. The summed E-state index contributed by atoms with van der Waals surface area (Å²) in [6.07, 6.45) is 8.26. The number of fused-ring (bicyclic) bond motifs is 1. The molecule has 3 heterocycles. The highest BCUT2D eigenvalue weighted by molar-refractivity contribution is 6.00. The number of carbonyl (C=O) groups is 1. The van der Waals surface area contributed by atoms with Crippen LogP contribution in [-0.4, -0.2) is 30.2 Å². The first-order chi connectivity index (χ1) is 17.4. The van der Waals surface area contributed by atoms with Crippen molar-refractivity contribution in [2.45, 2.75) is 0 Å². The molecule has 1 amide bonds. The smallest absolute Gasteiger partial charge is 0.247 e. The van der Waals surface area contributed by atoms with Gasteiger partial charge >= 0.3 is 0 Å². The molecule has 0 aliphatic carbocycles.